The highest BCUT2D eigenvalue weighted by molar-refractivity contribution is 5.70. The van der Waals surface area contributed by atoms with E-state index >= 15 is 0 Å². The third kappa shape index (κ3) is 7.32. The van der Waals surface area contributed by atoms with Crippen LogP contribution in [-0.4, -0.2) is 11.1 Å². The third-order valence-corrected chi connectivity index (χ3v) is 3.65. The minimum absolute atomic E-state index is 0.243. The van der Waals surface area contributed by atoms with E-state index in [0.29, 0.717) is 11.8 Å². The molecule has 1 rings (SSSR count). The molecular weight excluding hydrogens is 248 g/mol. The molecule has 0 radical (unpaired) electrons. The molecule has 1 unspecified atom stereocenters. The van der Waals surface area contributed by atoms with Gasteiger partial charge in [0.1, 0.15) is 0 Å². The quantitative estimate of drug-likeness (QED) is 0.684. The predicted octanol–water partition coefficient (Wildman–Crippen LogP) is 4.93. The van der Waals surface area contributed by atoms with Crippen molar-refractivity contribution >= 4 is 5.97 Å². The average Bonchev–Trinajstić information content (AvgIpc) is 2.36. The largest absolute Gasteiger partial charge is 0.481 e. The Hall–Kier alpha value is -1.31. The molecule has 0 aromatic heterocycles. The van der Waals surface area contributed by atoms with Crippen molar-refractivity contribution < 1.29 is 9.90 Å². The maximum absolute atomic E-state index is 11.3. The van der Waals surface area contributed by atoms with Gasteiger partial charge in [-0.2, -0.15) is 0 Å². The minimum Gasteiger partial charge on any atom is -0.481 e. The SMILES string of the molecule is CC(C)(C)CCCCCC(Cc1ccccc1)C(=O)O. The van der Waals surface area contributed by atoms with Crippen molar-refractivity contribution in [3.05, 3.63) is 35.9 Å². The van der Waals surface area contributed by atoms with E-state index in [0.717, 1.165) is 24.8 Å². The van der Waals surface area contributed by atoms with Crippen LogP contribution in [0.25, 0.3) is 0 Å². The standard InChI is InChI=1S/C18H28O2/c1-18(2,3)13-9-5-8-12-16(17(19)20)14-15-10-6-4-7-11-15/h4,6-7,10-11,16H,5,8-9,12-14H2,1-3H3,(H,19,20). The molecular formula is C18H28O2. The second kappa shape index (κ2) is 8.08. The molecule has 0 saturated heterocycles. The van der Waals surface area contributed by atoms with Crippen LogP contribution in [0.4, 0.5) is 0 Å². The second-order valence-electron chi connectivity index (χ2n) is 6.88. The molecule has 0 spiro atoms. The molecule has 112 valence electrons. The summed E-state index contributed by atoms with van der Waals surface area (Å²) in [6.45, 7) is 6.76. The summed E-state index contributed by atoms with van der Waals surface area (Å²) in [6.07, 6.45) is 5.99. The lowest BCUT2D eigenvalue weighted by Gasteiger charge is -2.18. The molecule has 1 N–H and O–H groups in total. The molecule has 2 nitrogen and oxygen atoms in total. The number of benzene rings is 1. The highest BCUT2D eigenvalue weighted by atomic mass is 16.4. The first-order valence-electron chi connectivity index (χ1n) is 7.65. The van der Waals surface area contributed by atoms with E-state index in [9.17, 15) is 9.90 Å². The fourth-order valence-corrected chi connectivity index (χ4v) is 2.43. The first-order chi connectivity index (χ1) is 9.38. The smallest absolute Gasteiger partial charge is 0.306 e. The Bertz CT molecular complexity index is 390. The van der Waals surface area contributed by atoms with Gasteiger partial charge in [-0.05, 0) is 30.2 Å². The molecule has 1 atom stereocenters. The summed E-state index contributed by atoms with van der Waals surface area (Å²) in [5, 5.41) is 9.32. The first-order valence-corrected chi connectivity index (χ1v) is 7.65. The van der Waals surface area contributed by atoms with Crippen molar-refractivity contribution in [3.8, 4) is 0 Å². The van der Waals surface area contributed by atoms with Gasteiger partial charge in [0.2, 0.25) is 0 Å². The normalized spacial score (nSPS) is 13.2. The van der Waals surface area contributed by atoms with Gasteiger partial charge in [0, 0.05) is 0 Å². The molecule has 0 heterocycles. The second-order valence-corrected chi connectivity index (χ2v) is 6.88. The van der Waals surface area contributed by atoms with Gasteiger partial charge < -0.3 is 5.11 Å². The van der Waals surface area contributed by atoms with E-state index in [1.165, 1.54) is 12.8 Å². The average molecular weight is 276 g/mol. The van der Waals surface area contributed by atoms with E-state index in [4.69, 9.17) is 0 Å². The van der Waals surface area contributed by atoms with Gasteiger partial charge in [-0.15, -0.1) is 0 Å². The van der Waals surface area contributed by atoms with Crippen LogP contribution in [-0.2, 0) is 11.2 Å². The molecule has 1 aromatic carbocycles. The highest BCUT2D eigenvalue weighted by Gasteiger charge is 2.17. The minimum atomic E-state index is -0.662. The van der Waals surface area contributed by atoms with Crippen LogP contribution in [0.3, 0.4) is 0 Å². The van der Waals surface area contributed by atoms with Crippen molar-refractivity contribution in [2.75, 3.05) is 0 Å². The van der Waals surface area contributed by atoms with E-state index in [-0.39, 0.29) is 5.92 Å². The maximum Gasteiger partial charge on any atom is 0.306 e. The zero-order valence-electron chi connectivity index (χ0n) is 13.1. The zero-order chi connectivity index (χ0) is 15.0. The summed E-state index contributed by atoms with van der Waals surface area (Å²) in [7, 11) is 0. The first kappa shape index (κ1) is 16.7. The Labute approximate surface area is 123 Å². The Balaban J connectivity index is 2.32. The fraction of sp³-hybridized carbons (Fsp3) is 0.611. The molecule has 0 saturated carbocycles. The van der Waals surface area contributed by atoms with Crippen LogP contribution in [0.2, 0.25) is 0 Å². The molecule has 1 aromatic rings. The van der Waals surface area contributed by atoms with Crippen molar-refractivity contribution in [1.29, 1.82) is 0 Å². The number of unbranched alkanes of at least 4 members (excludes halogenated alkanes) is 2. The van der Waals surface area contributed by atoms with Crippen LogP contribution in [0.5, 0.6) is 0 Å². The molecule has 0 bridgehead atoms. The van der Waals surface area contributed by atoms with Crippen molar-refractivity contribution in [1.82, 2.24) is 0 Å². The van der Waals surface area contributed by atoms with Gasteiger partial charge in [-0.3, -0.25) is 4.79 Å². The molecule has 20 heavy (non-hydrogen) atoms. The Morgan fingerprint density at radius 3 is 2.30 bits per heavy atom. The van der Waals surface area contributed by atoms with Gasteiger partial charge in [-0.1, -0.05) is 70.4 Å². The Morgan fingerprint density at radius 1 is 1.10 bits per heavy atom. The van der Waals surface area contributed by atoms with Crippen LogP contribution in [0.1, 0.15) is 58.4 Å². The number of hydrogen-bond donors (Lipinski definition) is 1. The van der Waals surface area contributed by atoms with Gasteiger partial charge in [0.25, 0.3) is 0 Å². The Kier molecular flexibility index (Phi) is 6.77. The number of carbonyl (C=O) groups is 1. The van der Waals surface area contributed by atoms with E-state index in [1.54, 1.807) is 0 Å². The summed E-state index contributed by atoms with van der Waals surface area (Å²) in [6, 6.07) is 9.92. The van der Waals surface area contributed by atoms with Gasteiger partial charge >= 0.3 is 5.97 Å². The molecule has 2 heteroatoms. The van der Waals surface area contributed by atoms with Gasteiger partial charge in [-0.25, -0.2) is 0 Å². The van der Waals surface area contributed by atoms with Crippen LogP contribution >= 0.6 is 0 Å². The van der Waals surface area contributed by atoms with Crippen molar-refractivity contribution in [3.63, 3.8) is 0 Å². The third-order valence-electron chi connectivity index (χ3n) is 3.65. The predicted molar refractivity (Wildman–Crippen MR) is 83.8 cm³/mol. The summed E-state index contributed by atoms with van der Waals surface area (Å²) < 4.78 is 0. The van der Waals surface area contributed by atoms with E-state index in [1.807, 2.05) is 30.3 Å². The fourth-order valence-electron chi connectivity index (χ4n) is 2.43. The van der Waals surface area contributed by atoms with E-state index in [2.05, 4.69) is 20.8 Å². The summed E-state index contributed by atoms with van der Waals surface area (Å²) in [5.74, 6) is -0.906. The van der Waals surface area contributed by atoms with Gasteiger partial charge in [0.05, 0.1) is 5.92 Å². The van der Waals surface area contributed by atoms with E-state index < -0.39 is 5.97 Å². The molecule has 0 aliphatic carbocycles. The Morgan fingerprint density at radius 2 is 1.75 bits per heavy atom. The van der Waals surface area contributed by atoms with Crippen molar-refractivity contribution in [2.24, 2.45) is 11.3 Å². The lowest BCUT2D eigenvalue weighted by atomic mass is 9.88. The maximum atomic E-state index is 11.3. The number of carboxylic acids is 1. The topological polar surface area (TPSA) is 37.3 Å². The summed E-state index contributed by atoms with van der Waals surface area (Å²) in [4.78, 5) is 11.3. The zero-order valence-corrected chi connectivity index (χ0v) is 13.1. The number of hydrogen-bond acceptors (Lipinski definition) is 1. The molecule has 0 aliphatic heterocycles. The summed E-state index contributed by atoms with van der Waals surface area (Å²) >= 11 is 0. The molecule has 0 aliphatic rings. The lowest BCUT2D eigenvalue weighted by molar-refractivity contribution is -0.142. The van der Waals surface area contributed by atoms with Crippen LogP contribution in [0.15, 0.2) is 30.3 Å². The van der Waals surface area contributed by atoms with Crippen LogP contribution in [0, 0.1) is 11.3 Å². The van der Waals surface area contributed by atoms with Crippen molar-refractivity contribution in [2.45, 2.75) is 59.3 Å². The molecule has 0 amide bonds. The summed E-state index contributed by atoms with van der Waals surface area (Å²) in [5.41, 5.74) is 1.51. The number of rotatable bonds is 8. The lowest BCUT2D eigenvalue weighted by Crippen LogP contribution is -2.16. The monoisotopic (exact) mass is 276 g/mol. The number of carboxylic acid groups (broad SMARTS) is 1. The highest BCUT2D eigenvalue weighted by Crippen LogP contribution is 2.23. The van der Waals surface area contributed by atoms with Gasteiger partial charge in [0.15, 0.2) is 0 Å². The van der Waals surface area contributed by atoms with Crippen LogP contribution < -0.4 is 0 Å². The molecule has 0 fully saturated rings. The number of aliphatic carboxylic acids is 1.